The molecule has 0 radical (unpaired) electrons. The lowest BCUT2D eigenvalue weighted by atomic mass is 9.38. The molecular weight excluding hydrogens is 402 g/mol. The van der Waals surface area contributed by atoms with Crippen LogP contribution in [-0.2, 0) is 9.53 Å². The quantitative estimate of drug-likeness (QED) is 0.434. The molecule has 0 aromatic heterocycles. The van der Waals surface area contributed by atoms with E-state index >= 15 is 0 Å². The fourth-order valence-electron chi connectivity index (χ4n) is 6.08. The van der Waals surface area contributed by atoms with Gasteiger partial charge in [0.1, 0.15) is 6.10 Å². The first-order chi connectivity index (χ1) is 13.2. The van der Waals surface area contributed by atoms with E-state index in [1.807, 2.05) is 0 Å². The Morgan fingerprint density at radius 3 is 2.21 bits per heavy atom. The van der Waals surface area contributed by atoms with E-state index in [9.17, 15) is 36.2 Å². The van der Waals surface area contributed by atoms with E-state index in [0.29, 0.717) is 24.2 Å². The van der Waals surface area contributed by atoms with Gasteiger partial charge in [0.15, 0.2) is 0 Å². The van der Waals surface area contributed by atoms with Crippen molar-refractivity contribution in [2.75, 3.05) is 0 Å². The van der Waals surface area contributed by atoms with Crippen molar-refractivity contribution in [3.05, 3.63) is 0 Å². The highest BCUT2D eigenvalue weighted by Gasteiger charge is 2.75. The van der Waals surface area contributed by atoms with Gasteiger partial charge in [0.25, 0.3) is 5.60 Å². The first-order valence-electron chi connectivity index (χ1n) is 10.3. The van der Waals surface area contributed by atoms with Crippen LogP contribution < -0.4 is 0 Å². The number of carbonyl (C=O) groups excluding carboxylic acids is 1. The van der Waals surface area contributed by atoms with Gasteiger partial charge in [0.2, 0.25) is 0 Å². The molecule has 3 aliphatic rings. The molecule has 0 aliphatic heterocycles. The highest BCUT2D eigenvalue weighted by Crippen LogP contribution is 2.75. The number of ether oxygens (including phenoxy) is 1. The number of halogens is 6. The molecule has 29 heavy (non-hydrogen) atoms. The summed E-state index contributed by atoms with van der Waals surface area (Å²) in [6.07, 6.45) is -9.36. The number of hydrogen-bond donors (Lipinski definition) is 1. The van der Waals surface area contributed by atoms with E-state index in [1.165, 1.54) is 20.3 Å². The Hall–Kier alpha value is -0.990. The van der Waals surface area contributed by atoms with E-state index in [4.69, 9.17) is 0 Å². The molecule has 0 aromatic rings. The molecule has 0 bridgehead atoms. The van der Waals surface area contributed by atoms with Gasteiger partial charge < -0.3 is 9.84 Å². The van der Waals surface area contributed by atoms with Crippen molar-refractivity contribution in [1.29, 1.82) is 0 Å². The summed E-state index contributed by atoms with van der Waals surface area (Å²) in [4.78, 5) is 11.8. The SMILES string of the molecule is CC(C)C(=O)OC(CCCC1CC2CC3CCCC132)C(O)(C(F)(F)F)C(F)(F)F. The molecule has 3 aliphatic carbocycles. The Balaban J connectivity index is 1.71. The molecular formula is C20H28F6O3. The van der Waals surface area contributed by atoms with Crippen LogP contribution in [0.2, 0.25) is 0 Å². The minimum absolute atomic E-state index is 0.0381. The second-order valence-electron chi connectivity index (χ2n) is 9.34. The third-order valence-electron chi connectivity index (χ3n) is 7.66. The monoisotopic (exact) mass is 430 g/mol. The predicted octanol–water partition coefficient (Wildman–Crippen LogP) is 5.41. The summed E-state index contributed by atoms with van der Waals surface area (Å²) in [5.74, 6) is -0.511. The van der Waals surface area contributed by atoms with Crippen molar-refractivity contribution < 1.29 is 41.0 Å². The maximum absolute atomic E-state index is 13.3. The second-order valence-corrected chi connectivity index (χ2v) is 9.34. The van der Waals surface area contributed by atoms with Gasteiger partial charge in [-0.1, -0.05) is 20.3 Å². The minimum Gasteiger partial charge on any atom is -0.458 e. The zero-order chi connectivity index (χ0) is 21.8. The molecule has 1 N–H and O–H groups in total. The number of alkyl halides is 6. The van der Waals surface area contributed by atoms with Crippen molar-refractivity contribution >= 4 is 5.97 Å². The number of rotatable bonds is 7. The van der Waals surface area contributed by atoms with Gasteiger partial charge in [0, 0.05) is 0 Å². The molecule has 168 valence electrons. The number of esters is 1. The smallest absolute Gasteiger partial charge is 0.430 e. The summed E-state index contributed by atoms with van der Waals surface area (Å²) in [6.45, 7) is 2.62. The average molecular weight is 430 g/mol. The Kier molecular flexibility index (Phi) is 5.72. The van der Waals surface area contributed by atoms with E-state index in [0.717, 1.165) is 25.7 Å². The summed E-state index contributed by atoms with van der Waals surface area (Å²) in [5, 5.41) is 9.74. The van der Waals surface area contributed by atoms with Gasteiger partial charge in [0.05, 0.1) is 5.92 Å². The number of carbonyl (C=O) groups is 1. The van der Waals surface area contributed by atoms with Crippen molar-refractivity contribution in [2.45, 2.75) is 89.3 Å². The third kappa shape index (κ3) is 3.45. The lowest BCUT2D eigenvalue weighted by Crippen LogP contribution is -2.65. The topological polar surface area (TPSA) is 46.5 Å². The maximum atomic E-state index is 13.3. The Morgan fingerprint density at radius 2 is 1.72 bits per heavy atom. The molecule has 0 amide bonds. The molecule has 5 atom stereocenters. The van der Waals surface area contributed by atoms with Crippen LogP contribution >= 0.6 is 0 Å². The predicted molar refractivity (Wildman–Crippen MR) is 91.6 cm³/mol. The lowest BCUT2D eigenvalue weighted by Gasteiger charge is -2.67. The van der Waals surface area contributed by atoms with Gasteiger partial charge in [-0.15, -0.1) is 0 Å². The third-order valence-corrected chi connectivity index (χ3v) is 7.66. The first kappa shape index (κ1) is 22.7. The summed E-state index contributed by atoms with van der Waals surface area (Å²) < 4.78 is 84.4. The molecule has 3 fully saturated rings. The minimum atomic E-state index is -6.02. The van der Waals surface area contributed by atoms with Crippen LogP contribution in [0.15, 0.2) is 0 Å². The van der Waals surface area contributed by atoms with Gasteiger partial charge in [-0.25, -0.2) is 0 Å². The molecule has 3 rings (SSSR count). The van der Waals surface area contributed by atoms with Crippen molar-refractivity contribution in [1.82, 2.24) is 0 Å². The summed E-state index contributed by atoms with van der Waals surface area (Å²) in [6, 6.07) is 0. The average Bonchev–Trinajstić information content (AvgIpc) is 2.98. The summed E-state index contributed by atoms with van der Waals surface area (Å²) in [5.41, 5.74) is -4.84. The lowest BCUT2D eigenvalue weighted by molar-refractivity contribution is -0.392. The fraction of sp³-hybridized carbons (Fsp3) is 0.950. The number of hydrogen-bond acceptors (Lipinski definition) is 3. The Morgan fingerprint density at radius 1 is 1.10 bits per heavy atom. The van der Waals surface area contributed by atoms with Crippen LogP contribution in [0, 0.1) is 29.1 Å². The van der Waals surface area contributed by atoms with E-state index in [2.05, 4.69) is 4.74 Å². The van der Waals surface area contributed by atoms with Crippen LogP contribution in [0.1, 0.15) is 65.2 Å². The first-order valence-corrected chi connectivity index (χ1v) is 10.3. The van der Waals surface area contributed by atoms with Crippen LogP contribution in [0.5, 0.6) is 0 Å². The Bertz CT molecular complexity index is 615. The maximum Gasteiger partial charge on any atom is 0.430 e. The standard InChI is InChI=1S/C20H28F6O3/c1-11(2)16(27)29-15(18(28,19(21,22)23)20(24,25)26)7-3-5-12-9-14-10-13-6-4-8-17(12,13)14/h11-15,28H,3-10H2,1-2H3. The highest BCUT2D eigenvalue weighted by molar-refractivity contribution is 5.71. The van der Waals surface area contributed by atoms with E-state index in [1.54, 1.807) is 0 Å². The van der Waals surface area contributed by atoms with E-state index < -0.39 is 42.4 Å². The Labute approximate surface area is 166 Å². The van der Waals surface area contributed by atoms with Crippen LogP contribution in [0.3, 0.4) is 0 Å². The molecule has 0 saturated heterocycles. The van der Waals surface area contributed by atoms with Crippen LogP contribution in [-0.4, -0.2) is 35.1 Å². The zero-order valence-electron chi connectivity index (χ0n) is 16.6. The highest BCUT2D eigenvalue weighted by atomic mass is 19.4. The molecule has 0 heterocycles. The molecule has 3 saturated carbocycles. The van der Waals surface area contributed by atoms with Crippen molar-refractivity contribution in [3.8, 4) is 0 Å². The summed E-state index contributed by atoms with van der Waals surface area (Å²) in [7, 11) is 0. The van der Waals surface area contributed by atoms with Crippen LogP contribution in [0.25, 0.3) is 0 Å². The second kappa shape index (κ2) is 7.31. The zero-order valence-corrected chi connectivity index (χ0v) is 16.6. The van der Waals surface area contributed by atoms with Gasteiger partial charge >= 0.3 is 18.3 Å². The van der Waals surface area contributed by atoms with Gasteiger partial charge in [-0.3, -0.25) is 4.79 Å². The number of aliphatic hydroxyl groups is 1. The van der Waals surface area contributed by atoms with Crippen molar-refractivity contribution in [3.63, 3.8) is 0 Å². The summed E-state index contributed by atoms with van der Waals surface area (Å²) >= 11 is 0. The largest absolute Gasteiger partial charge is 0.458 e. The van der Waals surface area contributed by atoms with Crippen molar-refractivity contribution in [2.24, 2.45) is 29.1 Å². The van der Waals surface area contributed by atoms with Crippen LogP contribution in [0.4, 0.5) is 26.3 Å². The normalized spacial score (nSPS) is 32.8. The van der Waals surface area contributed by atoms with E-state index in [-0.39, 0.29) is 11.8 Å². The van der Waals surface area contributed by atoms with Gasteiger partial charge in [-0.05, 0) is 68.1 Å². The van der Waals surface area contributed by atoms with Gasteiger partial charge in [-0.2, -0.15) is 26.3 Å². The molecule has 5 unspecified atom stereocenters. The molecule has 1 spiro atoms. The molecule has 0 aromatic carbocycles. The molecule has 3 nitrogen and oxygen atoms in total. The fourth-order valence-corrected chi connectivity index (χ4v) is 6.08. The molecule has 9 heteroatoms.